The van der Waals surface area contributed by atoms with Crippen LogP contribution in [0.3, 0.4) is 0 Å². The van der Waals surface area contributed by atoms with Crippen LogP contribution in [0.2, 0.25) is 0 Å². The first-order chi connectivity index (χ1) is 9.58. The number of aromatic nitrogens is 2. The number of carbonyl (C=O) groups is 3. The molecule has 106 valence electrons. The molecule has 0 radical (unpaired) electrons. The van der Waals surface area contributed by atoms with Crippen molar-refractivity contribution in [2.75, 3.05) is 19.6 Å². The summed E-state index contributed by atoms with van der Waals surface area (Å²) in [7, 11) is 0. The summed E-state index contributed by atoms with van der Waals surface area (Å²) >= 11 is 1.07. The van der Waals surface area contributed by atoms with Gasteiger partial charge in [0.2, 0.25) is 5.91 Å². The maximum atomic E-state index is 12.3. The number of nitrogens with zero attached hydrogens (tertiary/aromatic N) is 4. The van der Waals surface area contributed by atoms with Crippen LogP contribution in [0.25, 0.3) is 0 Å². The molecule has 1 unspecified atom stereocenters. The van der Waals surface area contributed by atoms with Crippen LogP contribution in [0.15, 0.2) is 0 Å². The zero-order valence-corrected chi connectivity index (χ0v) is 11.6. The Kier molecular flexibility index (Phi) is 3.13. The summed E-state index contributed by atoms with van der Waals surface area (Å²) in [4.78, 5) is 38.9. The first kappa shape index (κ1) is 13.0. The number of amides is 4. The van der Waals surface area contributed by atoms with Gasteiger partial charge in [-0.05, 0) is 24.9 Å². The van der Waals surface area contributed by atoms with E-state index in [0.29, 0.717) is 30.1 Å². The molecule has 2 saturated heterocycles. The summed E-state index contributed by atoms with van der Waals surface area (Å²) in [5, 5.41) is 6.32. The Morgan fingerprint density at radius 2 is 2.25 bits per heavy atom. The van der Waals surface area contributed by atoms with Gasteiger partial charge in [0.25, 0.3) is 5.91 Å². The van der Waals surface area contributed by atoms with Gasteiger partial charge in [-0.25, -0.2) is 4.79 Å². The largest absolute Gasteiger partial charge is 0.336 e. The number of likely N-dealkylation sites (tertiary alicyclic amines) is 1. The molecule has 1 N–H and O–H groups in total. The number of carbonyl (C=O) groups excluding carboxylic acids is 3. The highest BCUT2D eigenvalue weighted by molar-refractivity contribution is 7.07. The molecular weight excluding hydrogens is 282 g/mol. The highest BCUT2D eigenvalue weighted by atomic mass is 32.1. The summed E-state index contributed by atoms with van der Waals surface area (Å²) in [6.45, 7) is 2.68. The van der Waals surface area contributed by atoms with E-state index in [1.807, 2.05) is 0 Å². The number of imide groups is 1. The molecule has 0 aliphatic carbocycles. The topological polar surface area (TPSA) is 95.5 Å². The number of urea groups is 1. The summed E-state index contributed by atoms with van der Waals surface area (Å²) in [5.74, 6) is -0.364. The molecule has 1 aromatic heterocycles. The zero-order valence-electron chi connectivity index (χ0n) is 10.8. The van der Waals surface area contributed by atoms with Crippen LogP contribution in [-0.4, -0.2) is 62.9 Å². The molecule has 8 nitrogen and oxygen atoms in total. The molecule has 4 amide bonds. The van der Waals surface area contributed by atoms with Crippen molar-refractivity contribution in [2.24, 2.45) is 0 Å². The van der Waals surface area contributed by atoms with E-state index in [9.17, 15) is 14.4 Å². The normalized spacial score (nSPS) is 22.6. The number of hydrogen-bond acceptors (Lipinski definition) is 6. The Hall–Kier alpha value is -2.03. The lowest BCUT2D eigenvalue weighted by atomic mass is 10.2. The van der Waals surface area contributed by atoms with E-state index >= 15 is 0 Å². The molecule has 2 aliphatic rings. The molecular formula is C11H13N5O3S. The third-order valence-corrected chi connectivity index (χ3v) is 4.36. The minimum atomic E-state index is -0.370. The summed E-state index contributed by atoms with van der Waals surface area (Å²) in [5.41, 5.74) is 0.610. The number of rotatable bonds is 2. The van der Waals surface area contributed by atoms with Crippen LogP contribution < -0.4 is 5.32 Å². The summed E-state index contributed by atoms with van der Waals surface area (Å²) < 4.78 is 3.75. The number of hydrogen-bond donors (Lipinski definition) is 1. The average Bonchev–Trinajstić information content (AvgIpc) is 3.10. The van der Waals surface area contributed by atoms with Gasteiger partial charge >= 0.3 is 6.03 Å². The molecule has 1 atom stereocenters. The van der Waals surface area contributed by atoms with Gasteiger partial charge in [-0.15, -0.1) is 5.10 Å². The Labute approximate surface area is 118 Å². The van der Waals surface area contributed by atoms with Gasteiger partial charge in [0.05, 0.1) is 18.3 Å². The quantitative estimate of drug-likeness (QED) is 0.750. The minimum Gasteiger partial charge on any atom is -0.336 e. The van der Waals surface area contributed by atoms with Crippen LogP contribution in [-0.2, 0) is 4.79 Å². The van der Waals surface area contributed by atoms with E-state index in [1.165, 1.54) is 4.90 Å². The Bertz CT molecular complexity index is 570. The van der Waals surface area contributed by atoms with E-state index in [0.717, 1.165) is 11.5 Å². The predicted octanol–water partition coefficient (Wildman–Crippen LogP) is -0.387. The molecule has 0 aromatic carbocycles. The van der Waals surface area contributed by atoms with Gasteiger partial charge in [0.15, 0.2) is 0 Å². The molecule has 2 aliphatic heterocycles. The molecule has 1 aromatic rings. The molecule has 3 rings (SSSR count). The predicted molar refractivity (Wildman–Crippen MR) is 69.2 cm³/mol. The van der Waals surface area contributed by atoms with Crippen molar-refractivity contribution in [3.8, 4) is 0 Å². The van der Waals surface area contributed by atoms with Crippen molar-refractivity contribution in [3.05, 3.63) is 10.6 Å². The fourth-order valence-corrected chi connectivity index (χ4v) is 3.14. The van der Waals surface area contributed by atoms with E-state index in [-0.39, 0.29) is 30.4 Å². The molecule has 2 fully saturated rings. The second-order valence-corrected chi connectivity index (χ2v) is 5.56. The number of aryl methyl sites for hydroxylation is 1. The Morgan fingerprint density at radius 3 is 2.85 bits per heavy atom. The maximum Gasteiger partial charge on any atom is 0.324 e. The molecule has 0 saturated carbocycles. The van der Waals surface area contributed by atoms with Gasteiger partial charge < -0.3 is 10.2 Å². The fourth-order valence-electron chi connectivity index (χ4n) is 2.51. The van der Waals surface area contributed by atoms with Crippen LogP contribution in [0.5, 0.6) is 0 Å². The average molecular weight is 295 g/mol. The zero-order chi connectivity index (χ0) is 14.3. The second kappa shape index (κ2) is 4.82. The lowest BCUT2D eigenvalue weighted by Crippen LogP contribution is -2.42. The highest BCUT2D eigenvalue weighted by Crippen LogP contribution is 2.21. The first-order valence-electron chi connectivity index (χ1n) is 6.26. The van der Waals surface area contributed by atoms with Crippen LogP contribution >= 0.6 is 11.5 Å². The van der Waals surface area contributed by atoms with Crippen LogP contribution in [0.1, 0.15) is 21.8 Å². The van der Waals surface area contributed by atoms with Crippen molar-refractivity contribution in [1.29, 1.82) is 0 Å². The monoisotopic (exact) mass is 295 g/mol. The lowest BCUT2D eigenvalue weighted by Gasteiger charge is -2.21. The molecule has 20 heavy (non-hydrogen) atoms. The van der Waals surface area contributed by atoms with Gasteiger partial charge in [0, 0.05) is 13.1 Å². The molecule has 0 spiro atoms. The highest BCUT2D eigenvalue weighted by Gasteiger charge is 2.40. The van der Waals surface area contributed by atoms with Gasteiger partial charge in [-0.1, -0.05) is 4.49 Å². The van der Waals surface area contributed by atoms with E-state index < -0.39 is 0 Å². The van der Waals surface area contributed by atoms with Crippen molar-refractivity contribution >= 4 is 29.4 Å². The Balaban J connectivity index is 1.71. The van der Waals surface area contributed by atoms with Crippen molar-refractivity contribution in [3.63, 3.8) is 0 Å². The standard InChI is InChI=1S/C11H13N5O3S/c1-6-9(20-14-13-6)10(18)15-3-2-7(5-15)16-8(17)4-12-11(16)19/h7H,2-5H2,1H3,(H,12,19). The van der Waals surface area contributed by atoms with Crippen molar-refractivity contribution < 1.29 is 14.4 Å². The van der Waals surface area contributed by atoms with Crippen molar-refractivity contribution in [1.82, 2.24) is 24.7 Å². The number of nitrogens with one attached hydrogen (secondary N) is 1. The maximum absolute atomic E-state index is 12.3. The van der Waals surface area contributed by atoms with Crippen LogP contribution in [0, 0.1) is 6.92 Å². The lowest BCUT2D eigenvalue weighted by molar-refractivity contribution is -0.126. The van der Waals surface area contributed by atoms with Gasteiger partial charge in [-0.2, -0.15) is 0 Å². The van der Waals surface area contributed by atoms with E-state index in [2.05, 4.69) is 14.9 Å². The van der Waals surface area contributed by atoms with Gasteiger partial charge in [0.1, 0.15) is 4.88 Å². The SMILES string of the molecule is Cc1nnsc1C(=O)N1CCC(N2C(=O)CNC2=O)C1. The van der Waals surface area contributed by atoms with Crippen molar-refractivity contribution in [2.45, 2.75) is 19.4 Å². The van der Waals surface area contributed by atoms with Gasteiger partial charge in [-0.3, -0.25) is 14.5 Å². The molecule has 9 heteroatoms. The minimum absolute atomic E-state index is 0.0428. The third-order valence-electron chi connectivity index (χ3n) is 3.54. The first-order valence-corrected chi connectivity index (χ1v) is 7.03. The molecule has 0 bridgehead atoms. The van der Waals surface area contributed by atoms with E-state index in [1.54, 1.807) is 11.8 Å². The smallest absolute Gasteiger partial charge is 0.324 e. The fraction of sp³-hybridized carbons (Fsp3) is 0.545. The summed E-state index contributed by atoms with van der Waals surface area (Å²) in [6, 6.07) is -0.611. The third kappa shape index (κ3) is 2.03. The van der Waals surface area contributed by atoms with Crippen LogP contribution in [0.4, 0.5) is 4.79 Å². The molecule has 3 heterocycles. The van der Waals surface area contributed by atoms with E-state index in [4.69, 9.17) is 0 Å². The second-order valence-electron chi connectivity index (χ2n) is 4.80. The Morgan fingerprint density at radius 1 is 1.45 bits per heavy atom. The summed E-state index contributed by atoms with van der Waals surface area (Å²) in [6.07, 6.45) is 0.607.